The lowest BCUT2D eigenvalue weighted by molar-refractivity contribution is 1.38. The van der Waals surface area contributed by atoms with Gasteiger partial charge in [0.15, 0.2) is 8.07 Å². The standard InChI is InChI=1S/C36H22N2Si/c1-2-10-23(11-3-1)29-21-19-24-18-20-28-34-27-14-6-9-17-32(27)39(33(34)22-37-36(28)35(24)38-29)30-15-7-4-12-25(30)26-13-5-8-16-31(26)39/h1-22H. The molecule has 7 aromatic rings. The van der Waals surface area contributed by atoms with E-state index in [9.17, 15) is 0 Å². The highest BCUT2D eigenvalue weighted by atomic mass is 28.3. The van der Waals surface area contributed by atoms with E-state index in [1.807, 2.05) is 6.07 Å². The average molecular weight is 511 g/mol. The summed E-state index contributed by atoms with van der Waals surface area (Å²) in [7, 11) is -2.48. The van der Waals surface area contributed by atoms with Gasteiger partial charge in [-0.3, -0.25) is 4.98 Å². The van der Waals surface area contributed by atoms with Crippen LogP contribution >= 0.6 is 0 Å². The van der Waals surface area contributed by atoms with Crippen LogP contribution in [0.25, 0.3) is 55.3 Å². The van der Waals surface area contributed by atoms with Crippen LogP contribution in [0.4, 0.5) is 0 Å². The zero-order valence-electron chi connectivity index (χ0n) is 21.1. The number of hydrogen-bond donors (Lipinski definition) is 0. The molecule has 0 radical (unpaired) electrons. The number of nitrogens with zero attached hydrogens (tertiary/aromatic N) is 2. The highest BCUT2D eigenvalue weighted by molar-refractivity contribution is 7.24. The third-order valence-electron chi connectivity index (χ3n) is 8.72. The van der Waals surface area contributed by atoms with Crippen molar-refractivity contribution in [2.45, 2.75) is 0 Å². The minimum atomic E-state index is -2.48. The molecule has 0 bridgehead atoms. The minimum Gasteiger partial charge on any atom is -0.254 e. The van der Waals surface area contributed by atoms with Gasteiger partial charge in [-0.25, -0.2) is 4.98 Å². The Morgan fingerprint density at radius 3 is 1.77 bits per heavy atom. The Morgan fingerprint density at radius 2 is 1.05 bits per heavy atom. The molecule has 39 heavy (non-hydrogen) atoms. The topological polar surface area (TPSA) is 25.8 Å². The molecular formula is C36H22N2Si. The van der Waals surface area contributed by atoms with Gasteiger partial charge in [-0.1, -0.05) is 121 Å². The fourth-order valence-corrected chi connectivity index (χ4v) is 12.7. The largest absolute Gasteiger partial charge is 0.254 e. The third kappa shape index (κ3) is 2.60. The highest BCUT2D eigenvalue weighted by Gasteiger charge is 2.54. The van der Waals surface area contributed by atoms with Crippen molar-refractivity contribution in [2.24, 2.45) is 0 Å². The van der Waals surface area contributed by atoms with Crippen molar-refractivity contribution in [1.29, 1.82) is 0 Å². The van der Waals surface area contributed by atoms with Gasteiger partial charge in [0.05, 0.1) is 16.7 Å². The van der Waals surface area contributed by atoms with Gasteiger partial charge in [0.1, 0.15) is 0 Å². The van der Waals surface area contributed by atoms with Gasteiger partial charge < -0.3 is 0 Å². The van der Waals surface area contributed by atoms with Gasteiger partial charge in [0.25, 0.3) is 0 Å². The molecule has 2 nitrogen and oxygen atoms in total. The Hall–Kier alpha value is -4.86. The summed E-state index contributed by atoms with van der Waals surface area (Å²) in [6, 6.07) is 46.3. The highest BCUT2D eigenvalue weighted by Crippen LogP contribution is 2.39. The van der Waals surface area contributed by atoms with E-state index in [2.05, 4.69) is 128 Å². The number of fused-ring (bicyclic) bond motifs is 14. The van der Waals surface area contributed by atoms with E-state index in [0.717, 1.165) is 27.7 Å². The third-order valence-corrected chi connectivity index (χ3v) is 13.6. The monoisotopic (exact) mass is 510 g/mol. The molecule has 180 valence electrons. The lowest BCUT2D eigenvalue weighted by Crippen LogP contribution is -2.70. The van der Waals surface area contributed by atoms with Crippen molar-refractivity contribution in [1.82, 2.24) is 9.97 Å². The summed E-state index contributed by atoms with van der Waals surface area (Å²) in [5.74, 6) is 0. The van der Waals surface area contributed by atoms with Crippen LogP contribution in [-0.4, -0.2) is 18.0 Å². The van der Waals surface area contributed by atoms with E-state index in [0.29, 0.717) is 0 Å². The van der Waals surface area contributed by atoms with Gasteiger partial charge in [-0.2, -0.15) is 0 Å². The molecule has 2 aromatic heterocycles. The van der Waals surface area contributed by atoms with E-state index in [1.165, 1.54) is 48.4 Å². The van der Waals surface area contributed by atoms with Crippen LogP contribution in [0.5, 0.6) is 0 Å². The molecular weight excluding hydrogens is 488 g/mol. The summed E-state index contributed by atoms with van der Waals surface area (Å²) in [5, 5.41) is 8.12. The number of aromatic nitrogens is 2. The van der Waals surface area contributed by atoms with Crippen LogP contribution in [0.3, 0.4) is 0 Å². The van der Waals surface area contributed by atoms with Crippen molar-refractivity contribution in [3.05, 3.63) is 134 Å². The lowest BCUT2D eigenvalue weighted by atomic mass is 9.99. The maximum Gasteiger partial charge on any atom is 0.183 e. The summed E-state index contributed by atoms with van der Waals surface area (Å²) in [6.07, 6.45) is 2.19. The smallest absolute Gasteiger partial charge is 0.183 e. The Balaban J connectivity index is 1.41. The molecule has 0 fully saturated rings. The van der Waals surface area contributed by atoms with Crippen LogP contribution < -0.4 is 20.7 Å². The first-order chi connectivity index (χ1) is 19.4. The molecule has 0 amide bonds. The molecule has 2 aliphatic rings. The normalized spacial score (nSPS) is 13.8. The molecule has 0 unspecified atom stereocenters. The van der Waals surface area contributed by atoms with Gasteiger partial charge in [-0.15, -0.1) is 0 Å². The predicted molar refractivity (Wildman–Crippen MR) is 164 cm³/mol. The van der Waals surface area contributed by atoms with Crippen molar-refractivity contribution in [2.75, 3.05) is 0 Å². The number of pyridine rings is 2. The van der Waals surface area contributed by atoms with Crippen LogP contribution in [0.15, 0.2) is 134 Å². The molecule has 0 saturated heterocycles. The van der Waals surface area contributed by atoms with E-state index >= 15 is 0 Å². The average Bonchev–Trinajstić information content (AvgIpc) is 3.49. The summed E-state index contributed by atoms with van der Waals surface area (Å²) < 4.78 is 0. The van der Waals surface area contributed by atoms with E-state index < -0.39 is 8.07 Å². The lowest BCUT2D eigenvalue weighted by Gasteiger charge is -2.27. The molecule has 0 saturated carbocycles. The van der Waals surface area contributed by atoms with Crippen LogP contribution in [0.2, 0.25) is 0 Å². The molecule has 3 heteroatoms. The zero-order chi connectivity index (χ0) is 25.6. The molecule has 0 aliphatic carbocycles. The van der Waals surface area contributed by atoms with Crippen molar-refractivity contribution < 1.29 is 0 Å². The first-order valence-electron chi connectivity index (χ1n) is 13.4. The van der Waals surface area contributed by atoms with Crippen LogP contribution in [-0.2, 0) is 0 Å². The fraction of sp³-hybridized carbons (Fsp3) is 0. The quantitative estimate of drug-likeness (QED) is 0.206. The molecule has 4 heterocycles. The van der Waals surface area contributed by atoms with E-state index in [-0.39, 0.29) is 0 Å². The second kappa shape index (κ2) is 7.59. The Kier molecular flexibility index (Phi) is 4.11. The predicted octanol–water partition coefficient (Wildman–Crippen LogP) is 5.79. The Labute approximate surface area is 227 Å². The van der Waals surface area contributed by atoms with E-state index in [4.69, 9.17) is 9.97 Å². The summed E-state index contributed by atoms with van der Waals surface area (Å²) in [6.45, 7) is 0. The maximum absolute atomic E-state index is 5.24. The van der Waals surface area contributed by atoms with Crippen molar-refractivity contribution in [3.63, 3.8) is 0 Å². The summed E-state index contributed by atoms with van der Waals surface area (Å²) >= 11 is 0. The minimum absolute atomic E-state index is 0.962. The number of hydrogen-bond acceptors (Lipinski definition) is 2. The summed E-state index contributed by atoms with van der Waals surface area (Å²) in [5.41, 5.74) is 9.45. The fourth-order valence-electron chi connectivity index (χ4n) is 7.18. The van der Waals surface area contributed by atoms with Crippen LogP contribution in [0.1, 0.15) is 0 Å². The second-order valence-electron chi connectivity index (χ2n) is 10.5. The number of benzene rings is 5. The SMILES string of the molecule is c1ccc(-c2ccc3ccc4c5c(cnc4c3n2)[Si]2(c3ccccc3-c3ccccc32)c2ccccc2-5)cc1. The molecule has 5 aromatic carbocycles. The molecule has 0 N–H and O–H groups in total. The number of rotatable bonds is 1. The Morgan fingerprint density at radius 1 is 0.462 bits per heavy atom. The van der Waals surface area contributed by atoms with Crippen molar-refractivity contribution >= 4 is 50.6 Å². The van der Waals surface area contributed by atoms with Crippen molar-refractivity contribution in [3.8, 4) is 33.5 Å². The van der Waals surface area contributed by atoms with Gasteiger partial charge >= 0.3 is 0 Å². The van der Waals surface area contributed by atoms with Gasteiger partial charge in [0, 0.05) is 22.5 Å². The zero-order valence-corrected chi connectivity index (χ0v) is 22.1. The molecule has 1 spiro atoms. The molecule has 2 aliphatic heterocycles. The summed E-state index contributed by atoms with van der Waals surface area (Å²) in [4.78, 5) is 10.4. The maximum atomic E-state index is 5.24. The van der Waals surface area contributed by atoms with Gasteiger partial charge in [-0.05, 0) is 49.1 Å². The first kappa shape index (κ1) is 21.1. The van der Waals surface area contributed by atoms with Gasteiger partial charge in [0.2, 0.25) is 0 Å². The first-order valence-corrected chi connectivity index (χ1v) is 15.4. The molecule has 9 rings (SSSR count). The second-order valence-corrected chi connectivity index (χ2v) is 14.2. The van der Waals surface area contributed by atoms with E-state index in [1.54, 1.807) is 0 Å². The molecule has 0 atom stereocenters. The van der Waals surface area contributed by atoms with Crippen LogP contribution in [0, 0.1) is 0 Å². The Bertz CT molecular complexity index is 2090.